The van der Waals surface area contributed by atoms with Gasteiger partial charge in [-0.1, -0.05) is 61.5 Å². The number of hydrogen-bond acceptors (Lipinski definition) is 9. The minimum absolute atomic E-state index is 0.0333. The monoisotopic (exact) mass is 589 g/mol. The van der Waals surface area contributed by atoms with Gasteiger partial charge in [0.25, 0.3) is 0 Å². The number of hydrogen-bond donors (Lipinski definition) is 2. The molecular formula is C29H39N3O8S. The number of fused-ring (bicyclic) bond motifs is 1. The Morgan fingerprint density at radius 2 is 1.83 bits per heavy atom. The molecule has 12 heteroatoms. The van der Waals surface area contributed by atoms with Crippen molar-refractivity contribution < 1.29 is 32.5 Å². The van der Waals surface area contributed by atoms with Crippen LogP contribution in [-0.2, 0) is 37.2 Å². The van der Waals surface area contributed by atoms with Crippen LogP contribution in [0.4, 0.5) is 4.79 Å². The number of sulfonamides is 1. The van der Waals surface area contributed by atoms with Gasteiger partial charge >= 0.3 is 6.09 Å². The summed E-state index contributed by atoms with van der Waals surface area (Å²) < 4.78 is 45.5. The van der Waals surface area contributed by atoms with Crippen LogP contribution in [0, 0.1) is 16.7 Å². The van der Waals surface area contributed by atoms with Gasteiger partial charge in [0.2, 0.25) is 10.0 Å². The van der Waals surface area contributed by atoms with E-state index in [0.717, 1.165) is 18.4 Å². The van der Waals surface area contributed by atoms with E-state index in [-0.39, 0.29) is 55.7 Å². The number of carbonyl (C=O) groups excluding carboxylic acids is 1. The molecule has 2 saturated heterocycles. The average Bonchev–Trinajstić information content (AvgIpc) is 3.35. The topological polar surface area (TPSA) is 144 Å². The van der Waals surface area contributed by atoms with Crippen LogP contribution in [0.3, 0.4) is 0 Å². The van der Waals surface area contributed by atoms with Gasteiger partial charge < -0.3 is 24.6 Å². The third kappa shape index (κ3) is 8.32. The van der Waals surface area contributed by atoms with Gasteiger partial charge in [-0.15, -0.1) is 0 Å². The molecule has 41 heavy (non-hydrogen) atoms. The highest BCUT2D eigenvalue weighted by Crippen LogP contribution is 2.32. The van der Waals surface area contributed by atoms with Crippen LogP contribution in [0.5, 0.6) is 0 Å². The number of benzene rings is 2. The Kier molecular flexibility index (Phi) is 10.8. The number of nitroso groups, excluding NO2 is 1. The number of alkyl carbamates (subject to hydrolysis) is 1. The van der Waals surface area contributed by atoms with Gasteiger partial charge in [-0.3, -0.25) is 0 Å². The van der Waals surface area contributed by atoms with Gasteiger partial charge in [-0.25, -0.2) is 13.2 Å². The van der Waals surface area contributed by atoms with Crippen LogP contribution in [0.1, 0.15) is 37.8 Å². The van der Waals surface area contributed by atoms with Gasteiger partial charge in [0.1, 0.15) is 12.6 Å². The smallest absolute Gasteiger partial charge is 0.407 e. The molecule has 0 aliphatic carbocycles. The predicted molar refractivity (Wildman–Crippen MR) is 151 cm³/mol. The van der Waals surface area contributed by atoms with Crippen LogP contribution in [-0.4, -0.2) is 74.8 Å². The summed E-state index contributed by atoms with van der Waals surface area (Å²) >= 11 is 0. The maximum Gasteiger partial charge on any atom is 0.407 e. The third-order valence-corrected chi connectivity index (χ3v) is 9.15. The fourth-order valence-electron chi connectivity index (χ4n) is 5.22. The predicted octanol–water partition coefficient (Wildman–Crippen LogP) is 3.45. The number of aliphatic hydroxyl groups excluding tert-OH is 1. The van der Waals surface area contributed by atoms with Crippen molar-refractivity contribution in [3.05, 3.63) is 70.6 Å². The molecule has 0 bridgehead atoms. The van der Waals surface area contributed by atoms with Gasteiger partial charge in [0.05, 0.1) is 23.6 Å². The third-order valence-electron chi connectivity index (χ3n) is 7.31. The number of rotatable bonds is 13. The molecule has 4 rings (SSSR count). The van der Waals surface area contributed by atoms with E-state index in [0.29, 0.717) is 12.2 Å². The normalized spacial score (nSPS) is 22.2. The van der Waals surface area contributed by atoms with Crippen molar-refractivity contribution in [3.63, 3.8) is 0 Å². The quantitative estimate of drug-likeness (QED) is 0.338. The molecule has 2 aromatic rings. The van der Waals surface area contributed by atoms with Gasteiger partial charge in [-0.2, -0.15) is 9.21 Å². The Morgan fingerprint density at radius 3 is 2.51 bits per heavy atom. The number of aliphatic hydroxyl groups is 1. The SMILES string of the molecule is CC(C)CN(C[C@@H](O)[C@H](Cc1ccccc1)NC(=O)OC1CO[C@@H]2OCCC[C@H]12)S(=O)(=O)c1ccc(CN=O)cc1. The molecule has 0 saturated carbocycles. The summed E-state index contributed by atoms with van der Waals surface area (Å²) in [5, 5.41) is 17.0. The fraction of sp³-hybridized carbons (Fsp3) is 0.552. The Hall–Kier alpha value is -2.90. The highest BCUT2D eigenvalue weighted by Gasteiger charge is 2.42. The molecule has 2 heterocycles. The van der Waals surface area contributed by atoms with Crippen molar-refractivity contribution >= 4 is 16.1 Å². The van der Waals surface area contributed by atoms with Crippen molar-refractivity contribution in [2.75, 3.05) is 26.3 Å². The highest BCUT2D eigenvalue weighted by molar-refractivity contribution is 7.89. The van der Waals surface area contributed by atoms with Crippen LogP contribution >= 0.6 is 0 Å². The first-order valence-corrected chi connectivity index (χ1v) is 15.4. The summed E-state index contributed by atoms with van der Waals surface area (Å²) in [5.41, 5.74) is 1.46. The number of ether oxygens (including phenoxy) is 3. The number of carbonyl (C=O) groups is 1. The lowest BCUT2D eigenvalue weighted by atomic mass is 9.97. The van der Waals surface area contributed by atoms with E-state index >= 15 is 0 Å². The summed E-state index contributed by atoms with van der Waals surface area (Å²) in [6.45, 7) is 4.47. The van der Waals surface area contributed by atoms with E-state index < -0.39 is 34.4 Å². The molecule has 2 fully saturated rings. The first-order chi connectivity index (χ1) is 19.7. The van der Waals surface area contributed by atoms with Crippen molar-refractivity contribution in [3.8, 4) is 0 Å². The lowest BCUT2D eigenvalue weighted by molar-refractivity contribution is -0.152. The van der Waals surface area contributed by atoms with E-state index in [1.165, 1.54) is 16.4 Å². The highest BCUT2D eigenvalue weighted by atomic mass is 32.2. The number of amides is 1. The second kappa shape index (κ2) is 14.3. The van der Waals surface area contributed by atoms with E-state index in [4.69, 9.17) is 14.2 Å². The Morgan fingerprint density at radius 1 is 1.10 bits per heavy atom. The number of nitrogens with one attached hydrogen (secondary N) is 1. The van der Waals surface area contributed by atoms with Crippen molar-refractivity contribution in [2.24, 2.45) is 17.0 Å². The molecule has 2 N–H and O–H groups in total. The molecule has 0 radical (unpaired) electrons. The van der Waals surface area contributed by atoms with E-state index in [1.807, 2.05) is 44.2 Å². The molecule has 224 valence electrons. The van der Waals surface area contributed by atoms with Crippen LogP contribution in [0.2, 0.25) is 0 Å². The van der Waals surface area contributed by atoms with E-state index in [2.05, 4.69) is 10.5 Å². The molecule has 2 aliphatic heterocycles. The molecule has 0 spiro atoms. The van der Waals surface area contributed by atoms with Gasteiger partial charge in [0, 0.05) is 25.6 Å². The zero-order valence-corrected chi connectivity index (χ0v) is 24.2. The lowest BCUT2D eigenvalue weighted by Gasteiger charge is -2.31. The van der Waals surface area contributed by atoms with Crippen molar-refractivity contribution in [1.82, 2.24) is 9.62 Å². The Labute approximate surface area is 241 Å². The van der Waals surface area contributed by atoms with Gasteiger partial charge in [0.15, 0.2) is 6.29 Å². The summed E-state index contributed by atoms with van der Waals surface area (Å²) in [5.74, 6) is -0.0820. The molecule has 0 aromatic heterocycles. The van der Waals surface area contributed by atoms with Crippen LogP contribution < -0.4 is 5.32 Å². The standard InChI is InChI=1S/C29H39N3O8S/c1-20(2)17-32(41(36,37)23-12-10-22(11-13-23)16-30-35)18-26(33)25(15-21-7-4-3-5-8-21)31-29(34)40-27-19-39-28-24(27)9-6-14-38-28/h3-5,7-8,10-13,20,24-28,33H,6,9,14-19H2,1-2H3,(H,31,34)/t24-,25+,26-,27?,28+/m1/s1. The Bertz CT molecular complexity index is 1240. The minimum Gasteiger partial charge on any atom is -0.443 e. The van der Waals surface area contributed by atoms with E-state index in [9.17, 15) is 23.2 Å². The fourth-order valence-corrected chi connectivity index (χ4v) is 6.85. The lowest BCUT2D eigenvalue weighted by Crippen LogP contribution is -2.51. The maximum atomic E-state index is 13.6. The summed E-state index contributed by atoms with van der Waals surface area (Å²) in [7, 11) is -4.00. The minimum atomic E-state index is -4.00. The van der Waals surface area contributed by atoms with Crippen LogP contribution in [0.25, 0.3) is 0 Å². The molecule has 1 unspecified atom stereocenters. The first kappa shape index (κ1) is 31.0. The number of nitrogens with zero attached hydrogens (tertiary/aromatic N) is 2. The maximum absolute atomic E-state index is 13.6. The summed E-state index contributed by atoms with van der Waals surface area (Å²) in [6, 6.07) is 14.4. The first-order valence-electron chi connectivity index (χ1n) is 14.0. The average molecular weight is 590 g/mol. The zero-order chi connectivity index (χ0) is 29.4. The molecular weight excluding hydrogens is 550 g/mol. The molecule has 1 amide bonds. The zero-order valence-electron chi connectivity index (χ0n) is 23.4. The van der Waals surface area contributed by atoms with Crippen molar-refractivity contribution in [2.45, 2.75) is 69.1 Å². The second-order valence-electron chi connectivity index (χ2n) is 11.0. The summed E-state index contributed by atoms with van der Waals surface area (Å²) in [4.78, 5) is 23.7. The van der Waals surface area contributed by atoms with Gasteiger partial charge in [-0.05, 0) is 48.4 Å². The largest absolute Gasteiger partial charge is 0.443 e. The molecule has 2 aliphatic rings. The van der Waals surface area contributed by atoms with Crippen LogP contribution in [0.15, 0.2) is 64.7 Å². The molecule has 11 nitrogen and oxygen atoms in total. The van der Waals surface area contributed by atoms with Crippen molar-refractivity contribution in [1.29, 1.82) is 0 Å². The molecule has 2 aromatic carbocycles. The molecule has 5 atom stereocenters. The van der Waals surface area contributed by atoms with E-state index in [1.54, 1.807) is 12.1 Å². The summed E-state index contributed by atoms with van der Waals surface area (Å²) in [6.07, 6.45) is -0.860. The Balaban J connectivity index is 1.50. The second-order valence-corrected chi connectivity index (χ2v) is 12.9.